The second-order valence-corrected chi connectivity index (χ2v) is 3.26. The Morgan fingerprint density at radius 1 is 1.80 bits per heavy atom. The van der Waals surface area contributed by atoms with Crippen LogP contribution in [0.2, 0.25) is 0 Å². The lowest BCUT2D eigenvalue weighted by molar-refractivity contribution is 0.146. The highest BCUT2D eigenvalue weighted by molar-refractivity contribution is 6.29. The minimum absolute atomic E-state index is 0.155. The molecule has 1 atom stereocenters. The normalized spacial score (nSPS) is 23.2. The maximum Gasteiger partial charge on any atom is 0.436 e. The molecular weight excluding hydrogens is 196 g/mol. The number of hydrogen-bond donors (Lipinski definition) is 2. The molecule has 1 amide bonds. The van der Waals surface area contributed by atoms with Crippen LogP contribution < -0.4 is 0 Å². The van der Waals surface area contributed by atoms with E-state index >= 15 is 0 Å². The molecule has 0 aromatic carbocycles. The fraction of sp³-hybridized carbons (Fsp3) is 0.333. The van der Waals surface area contributed by atoms with Crippen LogP contribution in [0.15, 0.2) is 17.3 Å². The molecule has 2 N–H and O–H groups in total. The van der Waals surface area contributed by atoms with E-state index in [1.807, 2.05) is 6.08 Å². The molecule has 2 aliphatic rings. The smallest absolute Gasteiger partial charge is 0.436 e. The van der Waals surface area contributed by atoms with Gasteiger partial charge in [-0.1, -0.05) is 6.08 Å². The number of nitrogens with one attached hydrogen (secondary N) is 2. The molecule has 78 valence electrons. The molecule has 0 saturated heterocycles. The Kier molecular flexibility index (Phi) is 2.32. The van der Waals surface area contributed by atoms with Gasteiger partial charge in [0.25, 0.3) is 0 Å². The Morgan fingerprint density at radius 2 is 2.60 bits per heavy atom. The highest BCUT2D eigenvalue weighted by Crippen LogP contribution is 2.19. The predicted molar refractivity (Wildman–Crippen MR) is 54.7 cm³/mol. The largest absolute Gasteiger partial charge is 0.436 e. The molecule has 6 nitrogen and oxygen atoms in total. The zero-order valence-corrected chi connectivity index (χ0v) is 7.93. The number of carbonyl (C=O) groups is 1. The van der Waals surface area contributed by atoms with Crippen molar-refractivity contribution in [2.24, 2.45) is 4.99 Å². The van der Waals surface area contributed by atoms with Crippen LogP contribution in [0.4, 0.5) is 4.79 Å². The predicted octanol–water partition coefficient (Wildman–Crippen LogP) is 0.792. The first kappa shape index (κ1) is 9.57. The monoisotopic (exact) mass is 206 g/mol. The average Bonchev–Trinajstić information content (AvgIpc) is 2.59. The van der Waals surface area contributed by atoms with Gasteiger partial charge in [0, 0.05) is 18.8 Å². The molecule has 0 bridgehead atoms. The topological polar surface area (TPSA) is 89.6 Å². The molecule has 0 aliphatic carbocycles. The van der Waals surface area contributed by atoms with Gasteiger partial charge in [-0.05, 0) is 0 Å². The van der Waals surface area contributed by atoms with E-state index < -0.39 is 6.09 Å². The molecule has 15 heavy (non-hydrogen) atoms. The van der Waals surface area contributed by atoms with Crippen molar-refractivity contribution in [2.45, 2.75) is 12.5 Å². The van der Waals surface area contributed by atoms with Gasteiger partial charge in [-0.25, -0.2) is 4.79 Å². The summed E-state index contributed by atoms with van der Waals surface area (Å²) < 4.78 is 4.95. The third kappa shape index (κ3) is 1.78. The summed E-state index contributed by atoms with van der Waals surface area (Å²) in [5, 5.41) is 14.3. The van der Waals surface area contributed by atoms with Crippen LogP contribution in [-0.2, 0) is 4.74 Å². The fourth-order valence-corrected chi connectivity index (χ4v) is 1.52. The Hall–Kier alpha value is -1.98. The first-order valence-electron chi connectivity index (χ1n) is 4.51. The molecule has 0 saturated carbocycles. The molecular formula is C9H10N4O2. The van der Waals surface area contributed by atoms with Crippen LogP contribution in [0, 0.1) is 10.8 Å². The van der Waals surface area contributed by atoms with Crippen molar-refractivity contribution in [3.8, 4) is 0 Å². The quantitative estimate of drug-likeness (QED) is 0.669. The van der Waals surface area contributed by atoms with E-state index in [0.717, 1.165) is 6.21 Å². The van der Waals surface area contributed by atoms with Crippen LogP contribution in [0.25, 0.3) is 0 Å². The van der Waals surface area contributed by atoms with Crippen molar-refractivity contribution in [2.75, 3.05) is 6.54 Å². The van der Waals surface area contributed by atoms with Crippen LogP contribution in [0.1, 0.15) is 6.42 Å². The Labute approximate surface area is 86.3 Å². The van der Waals surface area contributed by atoms with Crippen molar-refractivity contribution >= 4 is 23.9 Å². The first-order chi connectivity index (χ1) is 7.20. The van der Waals surface area contributed by atoms with Gasteiger partial charge >= 0.3 is 6.09 Å². The van der Waals surface area contributed by atoms with Crippen molar-refractivity contribution in [1.29, 1.82) is 10.8 Å². The van der Waals surface area contributed by atoms with Gasteiger partial charge < -0.3 is 20.5 Å². The molecule has 0 fully saturated rings. The zero-order chi connectivity index (χ0) is 10.8. The van der Waals surface area contributed by atoms with Crippen molar-refractivity contribution in [3.05, 3.63) is 12.3 Å². The summed E-state index contributed by atoms with van der Waals surface area (Å²) >= 11 is 0. The molecule has 0 aromatic rings. The summed E-state index contributed by atoms with van der Waals surface area (Å²) in [5.41, 5.74) is 0.155. The summed E-state index contributed by atoms with van der Waals surface area (Å²) in [6.07, 6.45) is 4.31. The number of ether oxygens (including phenoxy) is 1. The lowest BCUT2D eigenvalue weighted by atomic mass is 10.1. The minimum Gasteiger partial charge on any atom is -0.436 e. The lowest BCUT2D eigenvalue weighted by Gasteiger charge is -2.25. The van der Waals surface area contributed by atoms with Crippen molar-refractivity contribution < 1.29 is 9.53 Å². The summed E-state index contributed by atoms with van der Waals surface area (Å²) in [5.74, 6) is 0.536. The number of fused-ring (bicyclic) bond motifs is 1. The SMILES string of the molecule is N=CC(=N)CN1C=CCC2OC(=O)N=C21. The number of nitrogens with zero attached hydrogens (tertiary/aromatic N) is 2. The van der Waals surface area contributed by atoms with E-state index in [9.17, 15) is 4.79 Å². The summed E-state index contributed by atoms with van der Waals surface area (Å²) in [6, 6.07) is 0. The average molecular weight is 206 g/mol. The van der Waals surface area contributed by atoms with Gasteiger partial charge in [-0.15, -0.1) is 0 Å². The van der Waals surface area contributed by atoms with E-state index in [1.54, 1.807) is 11.1 Å². The number of aliphatic imine (C=N–C) groups is 1. The molecule has 0 aromatic heterocycles. The Balaban J connectivity index is 2.17. The van der Waals surface area contributed by atoms with Crippen molar-refractivity contribution in [3.63, 3.8) is 0 Å². The molecule has 6 heteroatoms. The third-order valence-electron chi connectivity index (χ3n) is 2.18. The molecule has 2 aliphatic heterocycles. The molecule has 1 unspecified atom stereocenters. The van der Waals surface area contributed by atoms with E-state index in [0.29, 0.717) is 12.3 Å². The van der Waals surface area contributed by atoms with Gasteiger partial charge in [0.15, 0.2) is 11.9 Å². The zero-order valence-electron chi connectivity index (χ0n) is 7.93. The van der Waals surface area contributed by atoms with Gasteiger partial charge in [0.2, 0.25) is 0 Å². The van der Waals surface area contributed by atoms with Gasteiger partial charge in [-0.2, -0.15) is 4.99 Å². The number of rotatable bonds is 3. The van der Waals surface area contributed by atoms with E-state index in [1.165, 1.54) is 0 Å². The number of carbonyl (C=O) groups excluding carboxylic acids is 1. The summed E-state index contributed by atoms with van der Waals surface area (Å²) in [6.45, 7) is 0.242. The third-order valence-corrected chi connectivity index (χ3v) is 2.18. The minimum atomic E-state index is -0.579. The van der Waals surface area contributed by atoms with Crippen LogP contribution >= 0.6 is 0 Å². The van der Waals surface area contributed by atoms with Gasteiger partial charge in [0.1, 0.15) is 0 Å². The van der Waals surface area contributed by atoms with Gasteiger partial charge in [-0.3, -0.25) is 0 Å². The molecule has 0 spiro atoms. The van der Waals surface area contributed by atoms with Crippen LogP contribution in [0.5, 0.6) is 0 Å². The van der Waals surface area contributed by atoms with E-state index in [2.05, 4.69) is 4.99 Å². The Bertz CT molecular complexity index is 386. The maximum atomic E-state index is 10.9. The second-order valence-electron chi connectivity index (χ2n) is 3.26. The first-order valence-corrected chi connectivity index (χ1v) is 4.51. The second kappa shape index (κ2) is 3.64. The van der Waals surface area contributed by atoms with Crippen molar-refractivity contribution in [1.82, 2.24) is 4.90 Å². The molecule has 2 heterocycles. The van der Waals surface area contributed by atoms with Gasteiger partial charge in [0.05, 0.1) is 12.3 Å². The van der Waals surface area contributed by atoms with Crippen LogP contribution in [-0.4, -0.2) is 41.4 Å². The number of amidine groups is 1. The number of hydrogen-bond acceptors (Lipinski definition) is 5. The number of amides is 1. The fourth-order valence-electron chi connectivity index (χ4n) is 1.52. The maximum absolute atomic E-state index is 10.9. The Morgan fingerprint density at radius 3 is 3.33 bits per heavy atom. The standard InChI is InChI=1S/C9H10N4O2/c10-4-6(11)5-13-3-1-2-7-8(13)12-9(14)15-7/h1,3-4,7,10-11H,2,5H2. The molecule has 0 radical (unpaired) electrons. The summed E-state index contributed by atoms with van der Waals surface area (Å²) in [7, 11) is 0. The molecule has 2 rings (SSSR count). The highest BCUT2D eigenvalue weighted by atomic mass is 16.6. The van der Waals surface area contributed by atoms with E-state index in [4.69, 9.17) is 15.6 Å². The lowest BCUT2D eigenvalue weighted by Crippen LogP contribution is -2.39. The highest BCUT2D eigenvalue weighted by Gasteiger charge is 2.33. The van der Waals surface area contributed by atoms with Crippen LogP contribution in [0.3, 0.4) is 0 Å². The van der Waals surface area contributed by atoms with E-state index in [-0.39, 0.29) is 18.4 Å². The summed E-state index contributed by atoms with van der Waals surface area (Å²) in [4.78, 5) is 16.3.